The summed E-state index contributed by atoms with van der Waals surface area (Å²) in [5, 5.41) is 9.48. The molecule has 0 bridgehead atoms. The lowest BCUT2D eigenvalue weighted by molar-refractivity contribution is -0.0396. The first-order valence-electron chi connectivity index (χ1n) is 7.57. The summed E-state index contributed by atoms with van der Waals surface area (Å²) in [6.45, 7) is 11.2. The Morgan fingerprint density at radius 2 is 1.75 bits per heavy atom. The Morgan fingerprint density at radius 3 is 2.17 bits per heavy atom. The summed E-state index contributed by atoms with van der Waals surface area (Å²) < 4.78 is 33.8. The van der Waals surface area contributed by atoms with Gasteiger partial charge in [-0.1, -0.05) is 45.0 Å². The first kappa shape index (κ1) is 18.5. The molecule has 0 atom stereocenters. The molecule has 1 aliphatic rings. The van der Waals surface area contributed by atoms with Gasteiger partial charge < -0.3 is 4.43 Å². The zero-order chi connectivity index (χ0) is 18.2. The smallest absolute Gasteiger partial charge is 0.377 e. The molecule has 6 nitrogen and oxygen atoms in total. The molecule has 0 radical (unpaired) electrons. The van der Waals surface area contributed by atoms with Crippen LogP contribution in [0.3, 0.4) is 0 Å². The molecule has 1 aromatic carbocycles. The summed E-state index contributed by atoms with van der Waals surface area (Å²) in [7, 11) is -1.88. The highest BCUT2D eigenvalue weighted by Gasteiger charge is 2.63. The molecule has 130 valence electrons. The molecular weight excluding hydrogens is 332 g/mol. The Hall–Kier alpha value is -1.83. The number of hydrogen-bond acceptors (Lipinski definition) is 4. The highest BCUT2D eigenvalue weighted by atomic mass is 28.4. The molecular formula is C15H21F2N5OSi. The van der Waals surface area contributed by atoms with Crippen LogP contribution in [0.15, 0.2) is 39.6 Å². The van der Waals surface area contributed by atoms with E-state index in [-0.39, 0.29) is 10.6 Å². The van der Waals surface area contributed by atoms with Gasteiger partial charge in [-0.2, -0.15) is 8.78 Å². The number of rotatable bonds is 6. The van der Waals surface area contributed by atoms with E-state index in [1.807, 2.05) is 0 Å². The van der Waals surface area contributed by atoms with Crippen LogP contribution >= 0.6 is 0 Å². The summed E-state index contributed by atoms with van der Waals surface area (Å²) in [4.78, 5) is 2.18. The van der Waals surface area contributed by atoms with Gasteiger partial charge in [0.1, 0.15) is 0 Å². The largest absolute Gasteiger partial charge is 0.413 e. The molecule has 2 rings (SSSR count). The van der Waals surface area contributed by atoms with E-state index < -0.39 is 20.0 Å². The Balaban J connectivity index is 2.11. The van der Waals surface area contributed by atoms with Gasteiger partial charge in [-0.15, -0.1) is 10.2 Å². The van der Waals surface area contributed by atoms with Gasteiger partial charge in [-0.25, -0.2) is 0 Å². The average Bonchev–Trinajstić information content (AvgIpc) is 3.26. The highest BCUT2D eigenvalue weighted by Crippen LogP contribution is 2.52. The lowest BCUT2D eigenvalue weighted by Crippen LogP contribution is -2.40. The minimum Gasteiger partial charge on any atom is -0.413 e. The van der Waals surface area contributed by atoms with E-state index in [1.165, 1.54) is 12.1 Å². The van der Waals surface area contributed by atoms with Crippen LogP contribution in [0, 0.1) is 0 Å². The fraction of sp³-hybridized carbons (Fsp3) is 0.600. The Labute approximate surface area is 140 Å². The minimum atomic E-state index is -3.72. The third kappa shape index (κ3) is 3.33. The molecule has 24 heavy (non-hydrogen) atoms. The van der Waals surface area contributed by atoms with Crippen LogP contribution in [-0.2, 0) is 16.7 Å². The molecule has 0 aromatic heterocycles. The van der Waals surface area contributed by atoms with Crippen molar-refractivity contribution in [2.45, 2.75) is 57.2 Å². The maximum absolute atomic E-state index is 13.9. The molecule has 0 saturated heterocycles. The molecule has 0 fully saturated rings. The van der Waals surface area contributed by atoms with E-state index in [2.05, 4.69) is 54.1 Å². The molecule has 0 aliphatic carbocycles. The van der Waals surface area contributed by atoms with Crippen LogP contribution in [-0.4, -0.2) is 14.4 Å². The van der Waals surface area contributed by atoms with E-state index in [0.29, 0.717) is 6.61 Å². The average molecular weight is 353 g/mol. The van der Waals surface area contributed by atoms with Crippen LogP contribution in [0.4, 0.5) is 8.78 Å². The van der Waals surface area contributed by atoms with Crippen molar-refractivity contribution in [1.82, 2.24) is 0 Å². The summed E-state index contributed by atoms with van der Waals surface area (Å²) in [5.41, 5.74) is 7.26. The molecule has 1 aliphatic heterocycles. The van der Waals surface area contributed by atoms with Crippen LogP contribution in [0.2, 0.25) is 18.1 Å². The second-order valence-electron chi connectivity index (χ2n) is 7.35. The normalized spacial score (nSPS) is 16.6. The Morgan fingerprint density at radius 1 is 1.21 bits per heavy atom. The standard InChI is InChI=1S/C15H21F2N5OSi/c1-13(2,3)24(4,5)23-10-11-6-8-12(9-7-11)14(19-20-14)15(16,17)21-22-18/h6-9H,10H2,1-5H3. The highest BCUT2D eigenvalue weighted by molar-refractivity contribution is 6.74. The Bertz CT molecular complexity index is 685. The topological polar surface area (TPSA) is 82.7 Å². The molecule has 0 amide bonds. The molecule has 1 heterocycles. The number of halogens is 2. The zero-order valence-corrected chi connectivity index (χ0v) is 15.4. The number of azide groups is 1. The number of nitrogens with zero attached hydrogens (tertiary/aromatic N) is 5. The first-order valence-corrected chi connectivity index (χ1v) is 10.5. The number of benzene rings is 1. The van der Waals surface area contributed by atoms with Gasteiger partial charge in [0.05, 0.1) is 6.61 Å². The predicted octanol–water partition coefficient (Wildman–Crippen LogP) is 5.73. The van der Waals surface area contributed by atoms with E-state index in [0.717, 1.165) is 5.56 Å². The fourth-order valence-corrected chi connectivity index (χ4v) is 2.86. The van der Waals surface area contributed by atoms with Crippen molar-refractivity contribution in [2.24, 2.45) is 15.3 Å². The molecule has 0 N–H and O–H groups in total. The minimum absolute atomic E-state index is 0.0973. The molecule has 0 unspecified atom stereocenters. The van der Waals surface area contributed by atoms with Crippen LogP contribution in [0.5, 0.6) is 0 Å². The quantitative estimate of drug-likeness (QED) is 0.211. The van der Waals surface area contributed by atoms with Gasteiger partial charge in [0.25, 0.3) is 5.66 Å². The van der Waals surface area contributed by atoms with Gasteiger partial charge in [-0.3, -0.25) is 0 Å². The maximum atomic E-state index is 13.9. The van der Waals surface area contributed by atoms with Gasteiger partial charge in [0, 0.05) is 10.5 Å². The third-order valence-corrected chi connectivity index (χ3v) is 9.13. The maximum Gasteiger partial charge on any atom is 0.377 e. The van der Waals surface area contributed by atoms with Gasteiger partial charge >= 0.3 is 6.05 Å². The monoisotopic (exact) mass is 353 g/mol. The van der Waals surface area contributed by atoms with Crippen molar-refractivity contribution in [1.29, 1.82) is 0 Å². The van der Waals surface area contributed by atoms with E-state index >= 15 is 0 Å². The van der Waals surface area contributed by atoms with E-state index in [4.69, 9.17) is 9.96 Å². The van der Waals surface area contributed by atoms with Gasteiger partial charge in [-0.05, 0) is 34.3 Å². The van der Waals surface area contributed by atoms with Crippen LogP contribution < -0.4 is 0 Å². The van der Waals surface area contributed by atoms with Crippen molar-refractivity contribution < 1.29 is 13.2 Å². The van der Waals surface area contributed by atoms with Crippen LogP contribution in [0.25, 0.3) is 10.4 Å². The predicted molar refractivity (Wildman–Crippen MR) is 89.1 cm³/mol. The SMILES string of the molecule is CC(C)(C)[Si](C)(C)OCc1ccc(C2(C(F)(F)N=[N+]=[N-])N=N2)cc1. The van der Waals surface area contributed by atoms with E-state index in [1.54, 1.807) is 12.1 Å². The second-order valence-corrected chi connectivity index (χ2v) is 12.2. The van der Waals surface area contributed by atoms with Crippen LogP contribution in [0.1, 0.15) is 31.9 Å². The summed E-state index contributed by atoms with van der Waals surface area (Å²) in [5.74, 6) is 0. The molecule has 9 heteroatoms. The third-order valence-electron chi connectivity index (χ3n) is 4.65. The lowest BCUT2D eigenvalue weighted by atomic mass is 10.00. The first-order chi connectivity index (χ1) is 11.0. The van der Waals surface area contributed by atoms with Crippen molar-refractivity contribution in [3.63, 3.8) is 0 Å². The number of alkyl halides is 2. The van der Waals surface area contributed by atoms with Crippen molar-refractivity contribution in [3.05, 3.63) is 45.8 Å². The Kier molecular flexibility index (Phi) is 4.56. The van der Waals surface area contributed by atoms with Crippen molar-refractivity contribution >= 4 is 8.32 Å². The molecule has 1 aromatic rings. The van der Waals surface area contributed by atoms with Crippen molar-refractivity contribution in [3.8, 4) is 0 Å². The zero-order valence-electron chi connectivity index (χ0n) is 14.4. The summed E-state index contributed by atoms with van der Waals surface area (Å²) in [6, 6.07) is 2.73. The van der Waals surface area contributed by atoms with E-state index in [9.17, 15) is 8.78 Å². The lowest BCUT2D eigenvalue weighted by Gasteiger charge is -2.36. The molecule has 0 saturated carbocycles. The number of hydrogen-bond donors (Lipinski definition) is 0. The van der Waals surface area contributed by atoms with Gasteiger partial charge in [0.15, 0.2) is 8.32 Å². The molecule has 0 spiro atoms. The summed E-state index contributed by atoms with van der Waals surface area (Å²) >= 11 is 0. The van der Waals surface area contributed by atoms with Crippen molar-refractivity contribution in [2.75, 3.05) is 0 Å². The fourth-order valence-electron chi connectivity index (χ4n) is 1.90. The second kappa shape index (κ2) is 5.91. The van der Waals surface area contributed by atoms with Gasteiger partial charge in [0.2, 0.25) is 0 Å². The summed E-state index contributed by atoms with van der Waals surface area (Å²) in [6.07, 6.45) is 0.